The molecule has 3 fully saturated rings. The second-order valence-electron chi connectivity index (χ2n) is 12.4. The van der Waals surface area contributed by atoms with Crippen LogP contribution < -0.4 is 0 Å². The highest BCUT2D eigenvalue weighted by atomic mass is 14.5. The van der Waals surface area contributed by atoms with Crippen molar-refractivity contribution < 1.29 is 0 Å². The van der Waals surface area contributed by atoms with Crippen molar-refractivity contribution in [3.05, 3.63) is 0 Å². The van der Waals surface area contributed by atoms with E-state index in [1.54, 1.807) is 0 Å². The van der Waals surface area contributed by atoms with Crippen molar-refractivity contribution >= 4 is 0 Å². The van der Waals surface area contributed by atoms with Crippen molar-refractivity contribution in [1.82, 2.24) is 0 Å². The molecule has 3 aliphatic carbocycles. The summed E-state index contributed by atoms with van der Waals surface area (Å²) >= 11 is 0. The smallest absolute Gasteiger partial charge is 0.0689 e. The van der Waals surface area contributed by atoms with Gasteiger partial charge >= 0.3 is 0 Å². The molecular weight excluding hydrogens is 386 g/mol. The fraction of sp³-hybridized carbons (Fsp3) is 0.968. The predicted molar refractivity (Wildman–Crippen MR) is 138 cm³/mol. The number of nitriles is 1. The summed E-state index contributed by atoms with van der Waals surface area (Å²) in [5.74, 6) is 4.93. The molecule has 3 rings (SSSR count). The first kappa shape index (κ1) is 26.1. The minimum atomic E-state index is 0.0316. The Morgan fingerprint density at radius 1 is 0.656 bits per heavy atom. The van der Waals surface area contributed by atoms with Gasteiger partial charge in [-0.1, -0.05) is 97.3 Å². The van der Waals surface area contributed by atoms with Gasteiger partial charge in [0.1, 0.15) is 0 Å². The van der Waals surface area contributed by atoms with E-state index in [0.29, 0.717) is 0 Å². The molecule has 0 heterocycles. The molecule has 0 radical (unpaired) electrons. The van der Waals surface area contributed by atoms with Gasteiger partial charge in [-0.05, 0) is 87.4 Å². The van der Waals surface area contributed by atoms with Gasteiger partial charge in [-0.25, -0.2) is 0 Å². The Kier molecular flexibility index (Phi) is 11.4. The predicted octanol–water partition coefficient (Wildman–Crippen LogP) is 10.2. The number of nitrogens with zero attached hydrogens (tertiary/aromatic N) is 1. The molecule has 0 amide bonds. The lowest BCUT2D eigenvalue weighted by Crippen LogP contribution is -2.34. The molecule has 0 N–H and O–H groups in total. The van der Waals surface area contributed by atoms with E-state index in [2.05, 4.69) is 19.9 Å². The SMILES string of the molecule is CCCCCCCC1CCC(C2CCC(C3CCCC(C#N)(CCCCC)C3)CC2)CC1. The van der Waals surface area contributed by atoms with Gasteiger partial charge in [0.05, 0.1) is 11.5 Å². The van der Waals surface area contributed by atoms with Gasteiger partial charge in [-0.15, -0.1) is 0 Å². The van der Waals surface area contributed by atoms with Crippen molar-refractivity contribution in [2.24, 2.45) is 35.0 Å². The van der Waals surface area contributed by atoms with Gasteiger partial charge in [0, 0.05) is 0 Å². The van der Waals surface area contributed by atoms with E-state index in [1.807, 2.05) is 0 Å². The molecule has 2 unspecified atom stereocenters. The van der Waals surface area contributed by atoms with Crippen molar-refractivity contribution in [3.63, 3.8) is 0 Å². The Morgan fingerprint density at radius 2 is 1.22 bits per heavy atom. The van der Waals surface area contributed by atoms with E-state index in [-0.39, 0.29) is 5.41 Å². The third-order valence-corrected chi connectivity index (χ3v) is 10.1. The summed E-state index contributed by atoms with van der Waals surface area (Å²) in [6, 6.07) is 2.83. The molecule has 0 aromatic rings. The van der Waals surface area contributed by atoms with Crippen LogP contribution in [-0.2, 0) is 0 Å². The van der Waals surface area contributed by atoms with Crippen LogP contribution in [0.3, 0.4) is 0 Å². The lowest BCUT2D eigenvalue weighted by atomic mass is 9.61. The molecule has 2 atom stereocenters. The van der Waals surface area contributed by atoms with Crippen LogP contribution in [0.5, 0.6) is 0 Å². The molecule has 0 saturated heterocycles. The Hall–Kier alpha value is -0.510. The molecule has 0 aromatic heterocycles. The zero-order valence-corrected chi connectivity index (χ0v) is 21.9. The largest absolute Gasteiger partial charge is 0.198 e. The summed E-state index contributed by atoms with van der Waals surface area (Å²) in [6.45, 7) is 4.60. The molecule has 3 saturated carbocycles. The van der Waals surface area contributed by atoms with E-state index in [0.717, 1.165) is 29.6 Å². The van der Waals surface area contributed by atoms with Crippen molar-refractivity contribution in [3.8, 4) is 6.07 Å². The molecule has 32 heavy (non-hydrogen) atoms. The monoisotopic (exact) mass is 441 g/mol. The second kappa shape index (κ2) is 14.0. The zero-order valence-electron chi connectivity index (χ0n) is 21.9. The van der Waals surface area contributed by atoms with Crippen LogP contribution >= 0.6 is 0 Å². The van der Waals surface area contributed by atoms with Crippen molar-refractivity contribution in [1.29, 1.82) is 5.26 Å². The average Bonchev–Trinajstić information content (AvgIpc) is 2.85. The number of hydrogen-bond acceptors (Lipinski definition) is 1. The maximum absolute atomic E-state index is 10.0. The fourth-order valence-corrected chi connectivity index (χ4v) is 7.98. The molecule has 184 valence electrons. The summed E-state index contributed by atoms with van der Waals surface area (Å²) < 4.78 is 0. The fourth-order valence-electron chi connectivity index (χ4n) is 7.98. The first-order valence-corrected chi connectivity index (χ1v) is 15.1. The van der Waals surface area contributed by atoms with E-state index in [1.165, 1.54) is 141 Å². The lowest BCUT2D eigenvalue weighted by Gasteiger charge is -2.43. The van der Waals surface area contributed by atoms with Crippen LogP contribution in [0.4, 0.5) is 0 Å². The Balaban J connectivity index is 1.36. The highest BCUT2D eigenvalue weighted by molar-refractivity contribution is 5.03. The van der Waals surface area contributed by atoms with Crippen molar-refractivity contribution in [2.45, 2.75) is 155 Å². The minimum absolute atomic E-state index is 0.0316. The highest BCUT2D eigenvalue weighted by Gasteiger charge is 2.40. The second-order valence-corrected chi connectivity index (χ2v) is 12.4. The van der Waals surface area contributed by atoms with E-state index in [9.17, 15) is 5.26 Å². The minimum Gasteiger partial charge on any atom is -0.198 e. The van der Waals surface area contributed by atoms with Crippen LogP contribution in [-0.4, -0.2) is 0 Å². The van der Waals surface area contributed by atoms with Crippen LogP contribution in [0.15, 0.2) is 0 Å². The summed E-state index contributed by atoms with van der Waals surface area (Å²) in [4.78, 5) is 0. The molecule has 3 aliphatic rings. The molecular formula is C31H55N. The number of hydrogen-bond donors (Lipinski definition) is 0. The van der Waals surface area contributed by atoms with Gasteiger partial charge in [-0.3, -0.25) is 0 Å². The maximum Gasteiger partial charge on any atom is 0.0689 e. The van der Waals surface area contributed by atoms with Crippen LogP contribution in [0.25, 0.3) is 0 Å². The summed E-state index contributed by atoms with van der Waals surface area (Å²) in [5, 5.41) is 10.0. The topological polar surface area (TPSA) is 23.8 Å². The standard InChI is InChI=1S/C31H55N/c1-3-5-7-8-9-12-26-14-16-27(17-15-26)28-18-20-29(21-19-28)30-13-11-23-31(24-30,25-32)22-10-6-4-2/h26-30H,3-24H2,1-2H3. The lowest BCUT2D eigenvalue weighted by molar-refractivity contribution is 0.0813. The Labute approximate surface area is 201 Å². The number of rotatable bonds is 12. The van der Waals surface area contributed by atoms with Crippen molar-refractivity contribution in [2.75, 3.05) is 0 Å². The first-order chi connectivity index (χ1) is 15.7. The van der Waals surface area contributed by atoms with Gasteiger partial charge in [-0.2, -0.15) is 5.26 Å². The van der Waals surface area contributed by atoms with Gasteiger partial charge in [0.15, 0.2) is 0 Å². The van der Waals surface area contributed by atoms with Crippen LogP contribution in [0, 0.1) is 46.3 Å². The van der Waals surface area contributed by atoms with E-state index >= 15 is 0 Å². The van der Waals surface area contributed by atoms with Crippen LogP contribution in [0.2, 0.25) is 0 Å². The summed E-state index contributed by atoms with van der Waals surface area (Å²) in [5.41, 5.74) is 0.0316. The van der Waals surface area contributed by atoms with E-state index in [4.69, 9.17) is 0 Å². The third kappa shape index (κ3) is 7.77. The molecule has 0 spiro atoms. The summed E-state index contributed by atoms with van der Waals surface area (Å²) in [6.07, 6.45) is 31.0. The Morgan fingerprint density at radius 3 is 1.84 bits per heavy atom. The third-order valence-electron chi connectivity index (χ3n) is 10.1. The highest BCUT2D eigenvalue weighted by Crippen LogP contribution is 2.50. The van der Waals surface area contributed by atoms with Gasteiger partial charge in [0.25, 0.3) is 0 Å². The maximum atomic E-state index is 10.0. The average molecular weight is 442 g/mol. The summed E-state index contributed by atoms with van der Waals surface area (Å²) in [7, 11) is 0. The molecule has 1 heteroatoms. The zero-order chi connectivity index (χ0) is 22.7. The van der Waals surface area contributed by atoms with E-state index < -0.39 is 0 Å². The Bertz CT molecular complexity index is 531. The molecule has 0 aromatic carbocycles. The van der Waals surface area contributed by atoms with Gasteiger partial charge < -0.3 is 0 Å². The quantitative estimate of drug-likeness (QED) is 0.276. The van der Waals surface area contributed by atoms with Crippen LogP contribution in [0.1, 0.15) is 155 Å². The number of unbranched alkanes of at least 4 members (excludes halogenated alkanes) is 6. The molecule has 0 bridgehead atoms. The van der Waals surface area contributed by atoms with Gasteiger partial charge in [0.2, 0.25) is 0 Å². The normalized spacial score (nSPS) is 36.0. The first-order valence-electron chi connectivity index (χ1n) is 15.1. The molecule has 0 aliphatic heterocycles. The molecule has 1 nitrogen and oxygen atoms in total.